The molecule has 1 spiro atoms. The number of nitrogens with one attached hydrogen (secondary N) is 1. The summed E-state index contributed by atoms with van der Waals surface area (Å²) < 4.78 is 10.6. The van der Waals surface area contributed by atoms with Crippen molar-refractivity contribution in [3.8, 4) is 11.8 Å². The van der Waals surface area contributed by atoms with Gasteiger partial charge in [-0.15, -0.1) is 0 Å². The molecular weight excluding hydrogens is 344 g/mol. The fraction of sp³-hybridized carbons (Fsp3) is 0.389. The summed E-state index contributed by atoms with van der Waals surface area (Å²) in [6.45, 7) is 2.82. The average Bonchev–Trinajstić information content (AvgIpc) is 3.18. The molecule has 0 saturated carbocycles. The zero-order chi connectivity index (χ0) is 17.9. The Hall–Kier alpha value is -2.20. The van der Waals surface area contributed by atoms with Crippen molar-refractivity contribution in [2.75, 3.05) is 26.8 Å². The molecule has 1 aromatic carbocycles. The van der Waals surface area contributed by atoms with Gasteiger partial charge in [-0.05, 0) is 37.1 Å². The van der Waals surface area contributed by atoms with E-state index in [0.29, 0.717) is 30.4 Å². The van der Waals surface area contributed by atoms with E-state index in [1.165, 1.54) is 0 Å². The summed E-state index contributed by atoms with van der Waals surface area (Å²) in [5.74, 6) is 6.05. The number of amides is 1. The van der Waals surface area contributed by atoms with Crippen LogP contribution >= 0.6 is 11.6 Å². The van der Waals surface area contributed by atoms with Gasteiger partial charge in [0.25, 0.3) is 0 Å². The quantitative estimate of drug-likeness (QED) is 0.818. The third-order valence-electron chi connectivity index (χ3n) is 4.09. The second-order valence-corrected chi connectivity index (χ2v) is 6.22. The van der Waals surface area contributed by atoms with Crippen LogP contribution in [0.2, 0.25) is 5.02 Å². The van der Waals surface area contributed by atoms with Gasteiger partial charge in [-0.1, -0.05) is 23.6 Å². The van der Waals surface area contributed by atoms with Crippen molar-refractivity contribution >= 4 is 17.7 Å². The van der Waals surface area contributed by atoms with Crippen LogP contribution in [0.4, 0.5) is 4.79 Å². The smallest absolute Gasteiger partial charge is 0.409 e. The largest absolute Gasteiger partial charge is 0.450 e. The number of likely N-dealkylation sites (tertiary alicyclic amines) is 1. The number of hydroxylamine groups is 1. The Morgan fingerprint density at radius 1 is 1.52 bits per heavy atom. The van der Waals surface area contributed by atoms with Gasteiger partial charge in [-0.25, -0.2) is 4.79 Å². The average molecular weight is 363 g/mol. The number of halogens is 1. The fourth-order valence-electron chi connectivity index (χ4n) is 2.90. The van der Waals surface area contributed by atoms with Crippen LogP contribution in [0.5, 0.6) is 0 Å². The van der Waals surface area contributed by atoms with Gasteiger partial charge in [0.1, 0.15) is 11.8 Å². The molecule has 6 nitrogen and oxygen atoms in total. The van der Waals surface area contributed by atoms with E-state index in [9.17, 15) is 4.79 Å². The van der Waals surface area contributed by atoms with Crippen molar-refractivity contribution in [1.82, 2.24) is 10.4 Å². The summed E-state index contributed by atoms with van der Waals surface area (Å²) in [6.07, 6.45) is 1.17. The number of allylic oxidation sites excluding steroid dienone is 1. The summed E-state index contributed by atoms with van der Waals surface area (Å²) in [6, 6.07) is 7.30. The van der Waals surface area contributed by atoms with Crippen LogP contribution in [0.1, 0.15) is 12.5 Å². The number of carbonyl (C=O) groups is 1. The number of carbonyl (C=O) groups excluding carboxylic acids is 1. The van der Waals surface area contributed by atoms with Gasteiger partial charge in [0.05, 0.1) is 19.7 Å². The normalized spacial score (nSPS) is 24.5. The minimum absolute atomic E-state index is 0.310. The second-order valence-electron chi connectivity index (χ2n) is 5.78. The van der Waals surface area contributed by atoms with Crippen LogP contribution in [0.25, 0.3) is 0 Å². The van der Waals surface area contributed by atoms with Crippen LogP contribution in [-0.2, 0) is 14.3 Å². The predicted octanol–water partition coefficient (Wildman–Crippen LogP) is 2.34. The van der Waals surface area contributed by atoms with Gasteiger partial charge in [0.15, 0.2) is 5.60 Å². The van der Waals surface area contributed by atoms with E-state index in [-0.39, 0.29) is 12.2 Å². The molecule has 132 valence electrons. The standard InChI is InChI=1S/C18H19ClN2O4/c1-3-24-17(22)21-11-16(23-2)18(12-21)10-15(20-25-18)8-7-13-5-4-6-14(19)9-13/h4-6,9-10,16,20H,3,11-12H2,1-2H3. The Balaban J connectivity index is 1.78. The Labute approximate surface area is 151 Å². The molecule has 1 N–H and O–H groups in total. The van der Waals surface area contributed by atoms with Crippen LogP contribution in [0.15, 0.2) is 36.0 Å². The van der Waals surface area contributed by atoms with Gasteiger partial charge in [-0.3, -0.25) is 10.3 Å². The highest BCUT2D eigenvalue weighted by molar-refractivity contribution is 6.30. The molecule has 2 aliphatic rings. The minimum Gasteiger partial charge on any atom is -0.450 e. The highest BCUT2D eigenvalue weighted by Crippen LogP contribution is 2.33. The zero-order valence-electron chi connectivity index (χ0n) is 14.0. The molecule has 3 rings (SSSR count). The summed E-state index contributed by atoms with van der Waals surface area (Å²) in [5.41, 5.74) is 3.47. The molecular formula is C18H19ClN2O4. The maximum atomic E-state index is 12.0. The van der Waals surface area contributed by atoms with Crippen LogP contribution < -0.4 is 5.48 Å². The van der Waals surface area contributed by atoms with Crippen molar-refractivity contribution in [2.24, 2.45) is 0 Å². The number of ether oxygens (including phenoxy) is 2. The number of hydrogen-bond donors (Lipinski definition) is 1. The third-order valence-corrected chi connectivity index (χ3v) is 4.32. The van der Waals surface area contributed by atoms with E-state index < -0.39 is 5.60 Å². The molecule has 2 heterocycles. The van der Waals surface area contributed by atoms with E-state index >= 15 is 0 Å². The Kier molecular flexibility index (Phi) is 5.19. The lowest BCUT2D eigenvalue weighted by atomic mass is 9.99. The maximum absolute atomic E-state index is 12.0. The predicted molar refractivity (Wildman–Crippen MR) is 92.8 cm³/mol. The van der Waals surface area contributed by atoms with Crippen molar-refractivity contribution < 1.29 is 19.1 Å². The second kappa shape index (κ2) is 7.36. The highest BCUT2D eigenvalue weighted by Gasteiger charge is 2.52. The van der Waals surface area contributed by atoms with Crippen LogP contribution in [-0.4, -0.2) is 49.5 Å². The molecule has 1 fully saturated rings. The van der Waals surface area contributed by atoms with E-state index in [4.69, 9.17) is 25.9 Å². The summed E-state index contributed by atoms with van der Waals surface area (Å²) >= 11 is 5.96. The van der Waals surface area contributed by atoms with Crippen LogP contribution in [0, 0.1) is 11.8 Å². The molecule has 1 amide bonds. The summed E-state index contributed by atoms with van der Waals surface area (Å²) in [4.78, 5) is 19.3. The minimum atomic E-state index is -0.778. The molecule has 0 aromatic heterocycles. The van der Waals surface area contributed by atoms with E-state index in [2.05, 4.69) is 17.3 Å². The first kappa shape index (κ1) is 17.6. The maximum Gasteiger partial charge on any atom is 0.409 e. The van der Waals surface area contributed by atoms with Crippen LogP contribution in [0.3, 0.4) is 0 Å². The molecule has 0 aliphatic carbocycles. The topological polar surface area (TPSA) is 60.0 Å². The van der Waals surface area contributed by atoms with Gasteiger partial charge in [-0.2, -0.15) is 0 Å². The Bertz CT molecular complexity index is 755. The number of nitrogens with zero attached hydrogens (tertiary/aromatic N) is 1. The van der Waals surface area contributed by atoms with Gasteiger partial charge < -0.3 is 14.4 Å². The van der Waals surface area contributed by atoms with Gasteiger partial charge in [0, 0.05) is 17.7 Å². The monoisotopic (exact) mass is 362 g/mol. The number of methoxy groups -OCH3 is 1. The molecule has 0 radical (unpaired) electrons. The zero-order valence-corrected chi connectivity index (χ0v) is 14.8. The first-order chi connectivity index (χ1) is 12.1. The SMILES string of the molecule is CCOC(=O)N1CC(OC)C2(C=C(C#Cc3cccc(Cl)c3)NO2)C1. The lowest BCUT2D eigenvalue weighted by Gasteiger charge is -2.24. The first-order valence-electron chi connectivity index (χ1n) is 7.95. The Morgan fingerprint density at radius 2 is 2.36 bits per heavy atom. The van der Waals surface area contributed by atoms with E-state index in [1.807, 2.05) is 18.2 Å². The molecule has 2 unspecified atom stereocenters. The molecule has 0 bridgehead atoms. The molecule has 2 aliphatic heterocycles. The molecule has 1 aromatic rings. The van der Waals surface area contributed by atoms with E-state index in [1.54, 1.807) is 31.1 Å². The lowest BCUT2D eigenvalue weighted by molar-refractivity contribution is -0.0968. The van der Waals surface area contributed by atoms with Gasteiger partial charge in [0.2, 0.25) is 0 Å². The van der Waals surface area contributed by atoms with Crippen molar-refractivity contribution in [3.63, 3.8) is 0 Å². The van der Waals surface area contributed by atoms with E-state index in [0.717, 1.165) is 5.56 Å². The number of benzene rings is 1. The third kappa shape index (κ3) is 3.74. The molecule has 7 heteroatoms. The molecule has 2 atom stereocenters. The molecule has 25 heavy (non-hydrogen) atoms. The van der Waals surface area contributed by atoms with Gasteiger partial charge >= 0.3 is 6.09 Å². The number of hydrogen-bond acceptors (Lipinski definition) is 5. The fourth-order valence-corrected chi connectivity index (χ4v) is 3.09. The van der Waals surface area contributed by atoms with Crippen molar-refractivity contribution in [2.45, 2.75) is 18.6 Å². The highest BCUT2D eigenvalue weighted by atomic mass is 35.5. The first-order valence-corrected chi connectivity index (χ1v) is 8.33. The number of rotatable bonds is 2. The summed E-state index contributed by atoms with van der Waals surface area (Å²) in [7, 11) is 1.59. The van der Waals surface area contributed by atoms with Crippen molar-refractivity contribution in [1.29, 1.82) is 0 Å². The lowest BCUT2D eigenvalue weighted by Crippen LogP contribution is -2.43. The molecule has 1 saturated heterocycles. The summed E-state index contributed by atoms with van der Waals surface area (Å²) in [5, 5.41) is 0.633. The Morgan fingerprint density at radius 3 is 3.08 bits per heavy atom. The van der Waals surface area contributed by atoms with Crippen molar-refractivity contribution in [3.05, 3.63) is 46.6 Å².